The van der Waals surface area contributed by atoms with Crippen molar-refractivity contribution in [1.29, 1.82) is 0 Å². The van der Waals surface area contributed by atoms with Gasteiger partial charge in [0.15, 0.2) is 17.0 Å². The standard InChI is InChI=1S/C28H25FN4O3/c1-19(34)28(33-15-13-32(14-16-33)23-10-7-21(29)8-11-23)31-30-22-9-12-24-25(35)18-26(36-27(24)17-22)20-5-3-2-4-6-20/h2-12,17-18,30H,13-16H2,1H3/b31-28-. The molecule has 0 bridgehead atoms. The van der Waals surface area contributed by atoms with Crippen LogP contribution in [0, 0.1) is 5.82 Å². The average molecular weight is 485 g/mol. The number of fused-ring (bicyclic) bond motifs is 1. The fourth-order valence-electron chi connectivity index (χ4n) is 4.29. The molecule has 1 N–H and O–H groups in total. The molecule has 4 aromatic rings. The number of hydrazone groups is 1. The van der Waals surface area contributed by atoms with Crippen molar-refractivity contribution in [1.82, 2.24) is 4.90 Å². The van der Waals surface area contributed by atoms with Crippen molar-refractivity contribution >= 4 is 34.0 Å². The number of piperazine rings is 1. The molecule has 0 unspecified atom stereocenters. The van der Waals surface area contributed by atoms with Gasteiger partial charge in [-0.05, 0) is 36.4 Å². The minimum atomic E-state index is -0.265. The van der Waals surface area contributed by atoms with Crippen LogP contribution >= 0.6 is 0 Å². The van der Waals surface area contributed by atoms with E-state index in [0.717, 1.165) is 11.3 Å². The van der Waals surface area contributed by atoms with E-state index in [2.05, 4.69) is 15.4 Å². The summed E-state index contributed by atoms with van der Waals surface area (Å²) in [5, 5.41) is 4.86. The van der Waals surface area contributed by atoms with Gasteiger partial charge >= 0.3 is 0 Å². The number of halogens is 1. The van der Waals surface area contributed by atoms with Gasteiger partial charge < -0.3 is 14.2 Å². The molecule has 8 heteroatoms. The third-order valence-corrected chi connectivity index (χ3v) is 6.16. The molecule has 0 amide bonds. The normalized spacial score (nSPS) is 14.2. The molecule has 1 aliphatic rings. The molecule has 5 rings (SSSR count). The predicted molar refractivity (Wildman–Crippen MR) is 140 cm³/mol. The Hall–Kier alpha value is -4.46. The van der Waals surface area contributed by atoms with E-state index in [9.17, 15) is 14.0 Å². The number of anilines is 2. The van der Waals surface area contributed by atoms with E-state index in [-0.39, 0.29) is 17.0 Å². The number of rotatable bonds is 5. The van der Waals surface area contributed by atoms with Gasteiger partial charge in [-0.25, -0.2) is 4.39 Å². The highest BCUT2D eigenvalue weighted by Gasteiger charge is 2.23. The van der Waals surface area contributed by atoms with Crippen LogP contribution in [0.15, 0.2) is 93.2 Å². The van der Waals surface area contributed by atoms with Crippen LogP contribution in [0.3, 0.4) is 0 Å². The Morgan fingerprint density at radius 1 is 0.944 bits per heavy atom. The second-order valence-electron chi connectivity index (χ2n) is 8.61. The van der Waals surface area contributed by atoms with Gasteiger partial charge in [-0.1, -0.05) is 30.3 Å². The number of nitrogens with zero attached hydrogens (tertiary/aromatic N) is 3. The smallest absolute Gasteiger partial charge is 0.196 e. The molecule has 2 heterocycles. The molecule has 0 radical (unpaired) electrons. The number of ketones is 1. The summed E-state index contributed by atoms with van der Waals surface area (Å²) in [5.74, 6) is 0.390. The van der Waals surface area contributed by atoms with Crippen molar-refractivity contribution in [3.63, 3.8) is 0 Å². The molecule has 182 valence electrons. The number of nitrogens with one attached hydrogen (secondary N) is 1. The second kappa shape index (κ2) is 10.0. The van der Waals surface area contributed by atoms with Crippen molar-refractivity contribution in [2.24, 2.45) is 5.10 Å². The summed E-state index contributed by atoms with van der Waals surface area (Å²) in [5.41, 5.74) is 5.61. The van der Waals surface area contributed by atoms with Gasteiger partial charge in [0.1, 0.15) is 17.2 Å². The topological polar surface area (TPSA) is 78.1 Å². The van der Waals surface area contributed by atoms with E-state index < -0.39 is 0 Å². The molecular formula is C28H25FN4O3. The lowest BCUT2D eigenvalue weighted by Gasteiger charge is -2.37. The van der Waals surface area contributed by atoms with E-state index >= 15 is 0 Å². The van der Waals surface area contributed by atoms with Gasteiger partial charge in [-0.2, -0.15) is 5.10 Å². The molecule has 1 fully saturated rings. The van der Waals surface area contributed by atoms with Gasteiger partial charge in [-0.3, -0.25) is 15.0 Å². The van der Waals surface area contributed by atoms with Gasteiger partial charge in [0, 0.05) is 56.5 Å². The largest absolute Gasteiger partial charge is 0.456 e. The maximum atomic E-state index is 13.2. The average Bonchev–Trinajstić information content (AvgIpc) is 2.90. The lowest BCUT2D eigenvalue weighted by molar-refractivity contribution is -0.111. The molecule has 1 saturated heterocycles. The zero-order valence-electron chi connectivity index (χ0n) is 19.8. The summed E-state index contributed by atoms with van der Waals surface area (Å²) < 4.78 is 19.2. The fourth-order valence-corrected chi connectivity index (χ4v) is 4.29. The van der Waals surface area contributed by atoms with Gasteiger partial charge in [0.05, 0.1) is 11.1 Å². The minimum Gasteiger partial charge on any atom is -0.456 e. The highest BCUT2D eigenvalue weighted by Crippen LogP contribution is 2.24. The molecule has 1 aliphatic heterocycles. The third kappa shape index (κ3) is 4.98. The highest BCUT2D eigenvalue weighted by atomic mass is 19.1. The number of hydrogen-bond acceptors (Lipinski definition) is 6. The Kier molecular flexibility index (Phi) is 6.49. The zero-order valence-corrected chi connectivity index (χ0v) is 19.8. The first-order valence-electron chi connectivity index (χ1n) is 11.7. The molecule has 1 aromatic heterocycles. The maximum Gasteiger partial charge on any atom is 0.196 e. The van der Waals surface area contributed by atoms with Crippen LogP contribution in [0.1, 0.15) is 6.92 Å². The Labute approximate surface area is 207 Å². The number of Topliss-reactive ketones (excluding diaryl/α,β-unsaturated/α-hetero) is 1. The number of benzene rings is 3. The Bertz CT molecular complexity index is 1470. The van der Waals surface area contributed by atoms with Crippen molar-refractivity contribution in [2.75, 3.05) is 36.5 Å². The molecule has 0 aliphatic carbocycles. The quantitative estimate of drug-likeness (QED) is 0.251. The Morgan fingerprint density at radius 3 is 2.36 bits per heavy atom. The molecule has 0 spiro atoms. The summed E-state index contributed by atoms with van der Waals surface area (Å²) in [6, 6.07) is 22.4. The van der Waals surface area contributed by atoms with E-state index in [1.807, 2.05) is 35.2 Å². The summed E-state index contributed by atoms with van der Waals surface area (Å²) >= 11 is 0. The highest BCUT2D eigenvalue weighted by molar-refractivity contribution is 6.38. The summed E-state index contributed by atoms with van der Waals surface area (Å²) in [6.07, 6.45) is 0. The van der Waals surface area contributed by atoms with Crippen molar-refractivity contribution in [3.8, 4) is 11.3 Å². The minimum absolute atomic E-state index is 0.131. The molecule has 0 saturated carbocycles. The van der Waals surface area contributed by atoms with Crippen LogP contribution in [-0.4, -0.2) is 42.7 Å². The zero-order chi connectivity index (χ0) is 25.1. The SMILES string of the molecule is CC(=O)/C(=N/Nc1ccc2c(=O)cc(-c3ccccc3)oc2c1)N1CCN(c2ccc(F)cc2)CC1. The lowest BCUT2D eigenvalue weighted by Crippen LogP contribution is -2.50. The van der Waals surface area contributed by atoms with Crippen LogP contribution in [0.5, 0.6) is 0 Å². The van der Waals surface area contributed by atoms with E-state index in [1.54, 1.807) is 30.3 Å². The summed E-state index contributed by atoms with van der Waals surface area (Å²) in [4.78, 5) is 29.1. The van der Waals surface area contributed by atoms with Gasteiger partial charge in [0.25, 0.3) is 0 Å². The van der Waals surface area contributed by atoms with Crippen LogP contribution in [-0.2, 0) is 4.79 Å². The van der Waals surface area contributed by atoms with E-state index in [4.69, 9.17) is 4.42 Å². The predicted octanol–water partition coefficient (Wildman–Crippen LogP) is 4.74. The molecule has 36 heavy (non-hydrogen) atoms. The number of carbonyl (C=O) groups excluding carboxylic acids is 1. The first-order chi connectivity index (χ1) is 17.5. The van der Waals surface area contributed by atoms with Gasteiger partial charge in [0.2, 0.25) is 0 Å². The van der Waals surface area contributed by atoms with Crippen molar-refractivity contribution in [2.45, 2.75) is 6.92 Å². The lowest BCUT2D eigenvalue weighted by atomic mass is 10.1. The second-order valence-corrected chi connectivity index (χ2v) is 8.61. The van der Waals surface area contributed by atoms with Crippen LogP contribution in [0.4, 0.5) is 15.8 Å². The number of carbonyl (C=O) groups is 1. The van der Waals surface area contributed by atoms with Crippen LogP contribution in [0.2, 0.25) is 0 Å². The van der Waals surface area contributed by atoms with E-state index in [1.165, 1.54) is 25.1 Å². The molecule has 7 nitrogen and oxygen atoms in total. The van der Waals surface area contributed by atoms with E-state index in [0.29, 0.717) is 54.4 Å². The molecular weight excluding hydrogens is 459 g/mol. The summed E-state index contributed by atoms with van der Waals surface area (Å²) in [7, 11) is 0. The van der Waals surface area contributed by atoms with Gasteiger partial charge in [-0.15, -0.1) is 0 Å². The van der Waals surface area contributed by atoms with Crippen LogP contribution in [0.25, 0.3) is 22.3 Å². The van der Waals surface area contributed by atoms with Crippen molar-refractivity contribution in [3.05, 3.63) is 94.9 Å². The summed E-state index contributed by atoms with van der Waals surface area (Å²) in [6.45, 7) is 4.05. The fraction of sp³-hybridized carbons (Fsp3) is 0.179. The van der Waals surface area contributed by atoms with Crippen LogP contribution < -0.4 is 15.8 Å². The number of hydrogen-bond donors (Lipinski definition) is 1. The monoisotopic (exact) mass is 484 g/mol. The number of amidine groups is 1. The molecule has 0 atom stereocenters. The maximum absolute atomic E-state index is 13.2. The third-order valence-electron chi connectivity index (χ3n) is 6.16. The first kappa shape index (κ1) is 23.3. The Balaban J connectivity index is 1.34. The molecule has 3 aromatic carbocycles. The first-order valence-corrected chi connectivity index (χ1v) is 11.7. The Morgan fingerprint density at radius 2 is 1.67 bits per heavy atom. The van der Waals surface area contributed by atoms with Crippen molar-refractivity contribution < 1.29 is 13.6 Å².